The molecule has 0 bridgehead atoms. The smallest absolute Gasteiger partial charge is 0.253 e. The molecule has 3 aromatic rings. The molecule has 106 valence electrons. The highest BCUT2D eigenvalue weighted by Gasteiger charge is 2.05. The summed E-state index contributed by atoms with van der Waals surface area (Å²) in [5, 5.41) is 4.26. The molecule has 0 fully saturated rings. The van der Waals surface area contributed by atoms with E-state index in [-0.39, 0.29) is 5.56 Å². The van der Waals surface area contributed by atoms with Crippen molar-refractivity contribution in [2.24, 2.45) is 0 Å². The van der Waals surface area contributed by atoms with Gasteiger partial charge in [0.15, 0.2) is 0 Å². The zero-order valence-electron chi connectivity index (χ0n) is 11.7. The van der Waals surface area contributed by atoms with Gasteiger partial charge in [-0.25, -0.2) is 0 Å². The average Bonchev–Trinajstić information content (AvgIpc) is 2.53. The molecule has 1 heterocycles. The lowest BCUT2D eigenvalue weighted by atomic mass is 10.1. The van der Waals surface area contributed by atoms with E-state index in [2.05, 4.69) is 10.3 Å². The summed E-state index contributed by atoms with van der Waals surface area (Å²) in [7, 11) is 1.63. The van der Waals surface area contributed by atoms with Gasteiger partial charge >= 0.3 is 0 Å². The maximum Gasteiger partial charge on any atom is 0.253 e. The summed E-state index contributed by atoms with van der Waals surface area (Å²) in [6.07, 6.45) is 0. The lowest BCUT2D eigenvalue weighted by Gasteiger charge is -2.10. The van der Waals surface area contributed by atoms with Gasteiger partial charge < -0.3 is 15.0 Å². The van der Waals surface area contributed by atoms with E-state index in [1.165, 1.54) is 0 Å². The van der Waals surface area contributed by atoms with E-state index in [9.17, 15) is 4.79 Å². The summed E-state index contributed by atoms with van der Waals surface area (Å²) in [6.45, 7) is 0.445. The number of hydrogen-bond donors (Lipinski definition) is 2. The molecule has 4 heteroatoms. The van der Waals surface area contributed by atoms with E-state index in [0.29, 0.717) is 12.1 Å². The molecule has 0 radical (unpaired) electrons. The summed E-state index contributed by atoms with van der Waals surface area (Å²) >= 11 is 0. The molecule has 0 aliphatic heterocycles. The minimum Gasteiger partial charge on any atom is -0.495 e. The number of nitrogens with one attached hydrogen (secondary N) is 2. The van der Waals surface area contributed by atoms with E-state index in [1.54, 1.807) is 7.11 Å². The third-order valence-electron chi connectivity index (χ3n) is 3.41. The second-order valence-electron chi connectivity index (χ2n) is 4.76. The Hall–Kier alpha value is -2.75. The van der Waals surface area contributed by atoms with Crippen molar-refractivity contribution in [2.45, 2.75) is 6.54 Å². The predicted molar refractivity (Wildman–Crippen MR) is 84.9 cm³/mol. The highest BCUT2D eigenvalue weighted by Crippen LogP contribution is 2.23. The highest BCUT2D eigenvalue weighted by atomic mass is 16.5. The predicted octanol–water partition coefficient (Wildman–Crippen LogP) is 3.15. The Bertz CT molecular complexity index is 824. The first-order chi connectivity index (χ1) is 10.3. The van der Waals surface area contributed by atoms with Gasteiger partial charge in [0.2, 0.25) is 0 Å². The number of ether oxygens (including phenoxy) is 1. The number of aromatic amines is 1. The molecule has 4 nitrogen and oxygen atoms in total. The standard InChI is InChI=1S/C17H16N2O2/c1-21-16-9-5-4-8-15(16)18-11-13-10-12-6-2-3-7-14(12)19-17(13)20/h2-10,18H,11H2,1H3,(H,19,20). The Labute approximate surface area is 122 Å². The molecule has 0 aliphatic carbocycles. The van der Waals surface area contributed by atoms with E-state index in [1.807, 2.05) is 54.6 Å². The Morgan fingerprint density at radius 1 is 1.10 bits per heavy atom. The summed E-state index contributed by atoms with van der Waals surface area (Å²) in [4.78, 5) is 15.0. The van der Waals surface area contributed by atoms with Crippen LogP contribution in [0.3, 0.4) is 0 Å². The van der Waals surface area contributed by atoms with Gasteiger partial charge in [-0.15, -0.1) is 0 Å². The maximum absolute atomic E-state index is 12.1. The van der Waals surface area contributed by atoms with Gasteiger partial charge in [-0.05, 0) is 29.7 Å². The number of pyridine rings is 1. The zero-order chi connectivity index (χ0) is 14.7. The normalized spacial score (nSPS) is 10.5. The third kappa shape index (κ3) is 2.74. The number of aromatic nitrogens is 1. The van der Waals surface area contributed by atoms with Crippen LogP contribution in [-0.2, 0) is 6.54 Å². The van der Waals surface area contributed by atoms with Crippen molar-refractivity contribution in [1.82, 2.24) is 4.98 Å². The molecule has 0 saturated carbocycles. The van der Waals surface area contributed by atoms with Crippen molar-refractivity contribution in [3.8, 4) is 5.75 Å². The molecule has 2 aromatic carbocycles. The molecule has 3 rings (SSSR count). The van der Waals surface area contributed by atoms with Crippen LogP contribution in [0.2, 0.25) is 0 Å². The quantitative estimate of drug-likeness (QED) is 0.772. The third-order valence-corrected chi connectivity index (χ3v) is 3.41. The van der Waals surface area contributed by atoms with Crippen LogP contribution in [0.1, 0.15) is 5.56 Å². The second-order valence-corrected chi connectivity index (χ2v) is 4.76. The Morgan fingerprint density at radius 3 is 2.71 bits per heavy atom. The number of benzene rings is 2. The van der Waals surface area contributed by atoms with Crippen molar-refractivity contribution in [2.75, 3.05) is 12.4 Å². The number of H-pyrrole nitrogens is 1. The number of methoxy groups -OCH3 is 1. The summed E-state index contributed by atoms with van der Waals surface area (Å²) in [5.41, 5.74) is 2.34. The van der Waals surface area contributed by atoms with Gasteiger partial charge in [0.1, 0.15) is 5.75 Å². The van der Waals surface area contributed by atoms with Crippen LogP contribution < -0.4 is 15.6 Å². The van der Waals surface area contributed by atoms with E-state index < -0.39 is 0 Å². The largest absolute Gasteiger partial charge is 0.495 e. The first-order valence-corrected chi connectivity index (χ1v) is 6.76. The lowest BCUT2D eigenvalue weighted by Crippen LogP contribution is -2.15. The molecular weight excluding hydrogens is 264 g/mol. The van der Waals surface area contributed by atoms with Crippen LogP contribution in [-0.4, -0.2) is 12.1 Å². The molecule has 2 N–H and O–H groups in total. The Morgan fingerprint density at radius 2 is 1.86 bits per heavy atom. The molecule has 0 atom stereocenters. The molecule has 0 unspecified atom stereocenters. The topological polar surface area (TPSA) is 54.1 Å². The fraction of sp³-hybridized carbons (Fsp3) is 0.118. The van der Waals surface area contributed by atoms with Gasteiger partial charge in [0.25, 0.3) is 5.56 Å². The molecule has 21 heavy (non-hydrogen) atoms. The van der Waals surface area contributed by atoms with Crippen molar-refractivity contribution in [3.05, 3.63) is 70.5 Å². The van der Waals surface area contributed by atoms with Crippen LogP contribution in [0, 0.1) is 0 Å². The lowest BCUT2D eigenvalue weighted by molar-refractivity contribution is 0.416. The Kier molecular flexibility index (Phi) is 3.60. The van der Waals surface area contributed by atoms with Crippen LogP contribution in [0.15, 0.2) is 59.4 Å². The van der Waals surface area contributed by atoms with E-state index >= 15 is 0 Å². The van der Waals surface area contributed by atoms with Gasteiger partial charge in [-0.1, -0.05) is 30.3 Å². The second kappa shape index (κ2) is 5.71. The number of rotatable bonds is 4. The van der Waals surface area contributed by atoms with Gasteiger partial charge in [-0.2, -0.15) is 0 Å². The SMILES string of the molecule is COc1ccccc1NCc1cc2ccccc2[nH]c1=O. The van der Waals surface area contributed by atoms with Gasteiger partial charge in [-0.3, -0.25) is 4.79 Å². The van der Waals surface area contributed by atoms with E-state index in [4.69, 9.17) is 4.74 Å². The molecule has 1 aromatic heterocycles. The zero-order valence-corrected chi connectivity index (χ0v) is 11.7. The first-order valence-electron chi connectivity index (χ1n) is 6.76. The van der Waals surface area contributed by atoms with Crippen LogP contribution >= 0.6 is 0 Å². The maximum atomic E-state index is 12.1. The van der Waals surface area contributed by atoms with Crippen molar-refractivity contribution in [3.63, 3.8) is 0 Å². The average molecular weight is 280 g/mol. The fourth-order valence-electron chi connectivity index (χ4n) is 2.30. The molecule has 0 amide bonds. The molecular formula is C17H16N2O2. The highest BCUT2D eigenvalue weighted by molar-refractivity contribution is 5.78. The number of para-hydroxylation sites is 3. The molecule has 0 aliphatic rings. The van der Waals surface area contributed by atoms with Crippen molar-refractivity contribution < 1.29 is 4.74 Å². The first kappa shape index (κ1) is 13.2. The van der Waals surface area contributed by atoms with Crippen molar-refractivity contribution in [1.29, 1.82) is 0 Å². The number of fused-ring (bicyclic) bond motifs is 1. The van der Waals surface area contributed by atoms with Crippen LogP contribution in [0.4, 0.5) is 5.69 Å². The number of anilines is 1. The monoisotopic (exact) mass is 280 g/mol. The number of hydrogen-bond acceptors (Lipinski definition) is 3. The van der Waals surface area contributed by atoms with E-state index in [0.717, 1.165) is 22.3 Å². The Balaban J connectivity index is 1.88. The summed E-state index contributed by atoms with van der Waals surface area (Å²) in [5.74, 6) is 0.759. The molecule has 0 saturated heterocycles. The van der Waals surface area contributed by atoms with Crippen molar-refractivity contribution >= 4 is 16.6 Å². The van der Waals surface area contributed by atoms with Crippen LogP contribution in [0.5, 0.6) is 5.75 Å². The van der Waals surface area contributed by atoms with Crippen LogP contribution in [0.25, 0.3) is 10.9 Å². The summed E-state index contributed by atoms with van der Waals surface area (Å²) in [6, 6.07) is 17.3. The fourth-order valence-corrected chi connectivity index (χ4v) is 2.30. The summed E-state index contributed by atoms with van der Waals surface area (Å²) < 4.78 is 5.29. The minimum atomic E-state index is -0.0731. The molecule has 0 spiro atoms. The van der Waals surface area contributed by atoms with Gasteiger partial charge in [0, 0.05) is 17.6 Å². The van der Waals surface area contributed by atoms with Gasteiger partial charge in [0.05, 0.1) is 12.8 Å². The minimum absolute atomic E-state index is 0.0731.